The average Bonchev–Trinajstić information content (AvgIpc) is 1.91. The van der Waals surface area contributed by atoms with Crippen LogP contribution in [0.1, 0.15) is 6.42 Å². The summed E-state index contributed by atoms with van der Waals surface area (Å²) in [5.41, 5.74) is 0. The smallest absolute Gasteiger partial charge is 0.418 e. The first kappa shape index (κ1) is 34.2. The standard InChI is InChI=1S/C3H4F3.3BF4.K/c1-2-3(4,5)6;3*2-1(3,4)5;/h1-2H2;;;;/q4*-1;+1. The molecule has 0 spiro atoms. The van der Waals surface area contributed by atoms with E-state index in [0.717, 1.165) is 0 Å². The van der Waals surface area contributed by atoms with Crippen LogP contribution in [0, 0.1) is 6.92 Å². The second-order valence-electron chi connectivity index (χ2n) is 2.35. The van der Waals surface area contributed by atoms with Crippen molar-refractivity contribution in [3.63, 3.8) is 0 Å². The summed E-state index contributed by atoms with van der Waals surface area (Å²) in [5, 5.41) is 0. The third kappa shape index (κ3) is 569. The largest absolute Gasteiger partial charge is 1.00 e. The van der Waals surface area contributed by atoms with Gasteiger partial charge in [0.2, 0.25) is 0 Å². The van der Waals surface area contributed by atoms with Crippen molar-refractivity contribution >= 4 is 21.8 Å². The molecule has 0 aromatic heterocycles. The van der Waals surface area contributed by atoms with E-state index >= 15 is 0 Å². The summed E-state index contributed by atoms with van der Waals surface area (Å²) >= 11 is 0. The van der Waals surface area contributed by atoms with Crippen molar-refractivity contribution in [1.82, 2.24) is 0 Å². The number of alkyl halides is 3. The fourth-order valence-corrected chi connectivity index (χ4v) is 0. The summed E-state index contributed by atoms with van der Waals surface area (Å²) in [6.07, 6.45) is -5.05. The van der Waals surface area contributed by atoms with Gasteiger partial charge >= 0.3 is 79.3 Å². The Hall–Kier alpha value is 0.781. The van der Waals surface area contributed by atoms with Crippen LogP contribution >= 0.6 is 0 Å². The van der Waals surface area contributed by atoms with Crippen molar-refractivity contribution < 1.29 is 116 Å². The van der Waals surface area contributed by atoms with Crippen LogP contribution in [0.4, 0.5) is 65.0 Å². The summed E-state index contributed by atoms with van der Waals surface area (Å²) in [6, 6.07) is 0. The molecule has 0 nitrogen and oxygen atoms in total. The van der Waals surface area contributed by atoms with Crippen LogP contribution in [0.3, 0.4) is 0 Å². The topological polar surface area (TPSA) is 0 Å². The number of hydrogen-bond donors (Lipinski definition) is 0. The molecule has 0 N–H and O–H groups in total. The molecule has 19 heteroatoms. The molecule has 0 amide bonds. The van der Waals surface area contributed by atoms with E-state index in [4.69, 9.17) is 0 Å². The molecule has 0 saturated heterocycles. The Kier molecular flexibility index (Phi) is 22.0. The van der Waals surface area contributed by atoms with E-state index < -0.39 is 34.4 Å². The maximum Gasteiger partial charge on any atom is 1.00 e. The molecular weight excluding hydrogens is 393 g/mol. The van der Waals surface area contributed by atoms with E-state index in [0.29, 0.717) is 0 Å². The Bertz CT molecular complexity index is 178. The molecule has 0 unspecified atom stereocenters. The Morgan fingerprint density at radius 2 is 0.591 bits per heavy atom. The molecule has 0 aliphatic rings. The Labute approximate surface area is 156 Å². The minimum atomic E-state index is -6.00. The monoisotopic (exact) mass is 397 g/mol. The van der Waals surface area contributed by atoms with E-state index in [1.807, 2.05) is 0 Å². The molecule has 134 valence electrons. The zero-order chi connectivity index (χ0) is 18.7. The summed E-state index contributed by atoms with van der Waals surface area (Å²) in [4.78, 5) is 0. The summed E-state index contributed by atoms with van der Waals surface area (Å²) < 4.78 is 149. The van der Waals surface area contributed by atoms with Gasteiger partial charge in [0.15, 0.2) is 0 Å². The number of halogens is 15. The Balaban J connectivity index is -0.0000000577. The molecule has 0 heterocycles. The quantitative estimate of drug-likeness (QED) is 0.336. The SMILES string of the molecule is F[B-](F)(F)F.F[B-](F)(F)F.F[B-](F)(F)F.[CH2-]CC(F)(F)F.[K+]. The Morgan fingerprint density at radius 3 is 0.591 bits per heavy atom. The van der Waals surface area contributed by atoms with Crippen LogP contribution in [0.25, 0.3) is 0 Å². The summed E-state index contributed by atoms with van der Waals surface area (Å²) in [6.45, 7) is 2.63. The molecule has 0 saturated carbocycles. The predicted octanol–water partition coefficient (Wildman–Crippen LogP) is 2.68. The molecule has 0 aliphatic carbocycles. The first-order valence-electron chi connectivity index (χ1n) is 4.04. The maximum absolute atomic E-state index is 10.7. The van der Waals surface area contributed by atoms with Crippen LogP contribution in [-0.4, -0.2) is 27.9 Å². The van der Waals surface area contributed by atoms with Gasteiger partial charge in [-0.25, -0.2) is 0 Å². The molecule has 0 aromatic carbocycles. The number of rotatable bonds is 0. The van der Waals surface area contributed by atoms with Crippen molar-refractivity contribution in [1.29, 1.82) is 0 Å². The van der Waals surface area contributed by atoms with Gasteiger partial charge in [-0.05, 0) is 0 Å². The van der Waals surface area contributed by atoms with Gasteiger partial charge < -0.3 is 58.7 Å². The molecule has 22 heavy (non-hydrogen) atoms. The predicted molar refractivity (Wildman–Crippen MR) is 46.6 cm³/mol. The van der Waals surface area contributed by atoms with Gasteiger partial charge in [0.25, 0.3) is 0 Å². The Morgan fingerprint density at radius 1 is 0.545 bits per heavy atom. The molecule has 0 aliphatic heterocycles. The first-order chi connectivity index (χ1) is 8.56. The maximum atomic E-state index is 10.7. The normalized spacial score (nSPS) is 11.5. The minimum Gasteiger partial charge on any atom is -0.418 e. The van der Waals surface area contributed by atoms with Gasteiger partial charge in [0.1, 0.15) is 0 Å². The van der Waals surface area contributed by atoms with Gasteiger partial charge in [-0.15, -0.1) is 0 Å². The second-order valence-corrected chi connectivity index (χ2v) is 2.35. The summed E-state index contributed by atoms with van der Waals surface area (Å²) in [7, 11) is -18.0. The van der Waals surface area contributed by atoms with E-state index in [1.54, 1.807) is 0 Å². The molecule has 0 aromatic rings. The van der Waals surface area contributed by atoms with E-state index in [-0.39, 0.29) is 51.4 Å². The van der Waals surface area contributed by atoms with E-state index in [2.05, 4.69) is 6.92 Å². The van der Waals surface area contributed by atoms with Crippen LogP contribution in [0.15, 0.2) is 0 Å². The first-order valence-corrected chi connectivity index (χ1v) is 4.04. The molecular formula is C3H4B3F15K-3. The number of hydrogen-bond acceptors (Lipinski definition) is 0. The zero-order valence-corrected chi connectivity index (χ0v) is 13.4. The zero-order valence-electron chi connectivity index (χ0n) is 10.3. The van der Waals surface area contributed by atoms with Crippen molar-refractivity contribution in [2.45, 2.75) is 12.6 Å². The van der Waals surface area contributed by atoms with E-state index in [9.17, 15) is 65.0 Å². The third-order valence-electron chi connectivity index (χ3n) is 0.283. The van der Waals surface area contributed by atoms with Crippen LogP contribution in [0.2, 0.25) is 0 Å². The minimum absolute atomic E-state index is 0. The van der Waals surface area contributed by atoms with Crippen molar-refractivity contribution in [2.75, 3.05) is 0 Å². The van der Waals surface area contributed by atoms with E-state index in [1.165, 1.54) is 0 Å². The van der Waals surface area contributed by atoms with Gasteiger partial charge in [-0.1, -0.05) is 6.42 Å². The van der Waals surface area contributed by atoms with Crippen molar-refractivity contribution in [3.05, 3.63) is 6.92 Å². The summed E-state index contributed by atoms with van der Waals surface area (Å²) in [5.74, 6) is 0. The van der Waals surface area contributed by atoms with Crippen LogP contribution in [-0.2, 0) is 0 Å². The second kappa shape index (κ2) is 14.2. The fraction of sp³-hybridized carbons (Fsp3) is 0.667. The average molecular weight is 397 g/mol. The molecule has 0 radical (unpaired) electrons. The molecule has 0 fully saturated rings. The molecule has 0 bridgehead atoms. The third-order valence-corrected chi connectivity index (χ3v) is 0.283. The van der Waals surface area contributed by atoms with Crippen LogP contribution < -0.4 is 51.4 Å². The van der Waals surface area contributed by atoms with Gasteiger partial charge in [0, 0.05) is 0 Å². The van der Waals surface area contributed by atoms with Gasteiger partial charge in [-0.3, -0.25) is 0 Å². The van der Waals surface area contributed by atoms with Crippen molar-refractivity contribution in [2.24, 2.45) is 0 Å². The van der Waals surface area contributed by atoms with Crippen molar-refractivity contribution in [3.8, 4) is 0 Å². The molecule has 0 atom stereocenters. The fourth-order valence-electron chi connectivity index (χ4n) is 0. The van der Waals surface area contributed by atoms with Gasteiger partial charge in [-0.2, -0.15) is 13.2 Å². The molecule has 0 rings (SSSR count). The van der Waals surface area contributed by atoms with Crippen LogP contribution in [0.5, 0.6) is 0 Å². The van der Waals surface area contributed by atoms with Gasteiger partial charge in [0.05, 0.1) is 0 Å².